The summed E-state index contributed by atoms with van der Waals surface area (Å²) in [4.78, 5) is 27.5. The van der Waals surface area contributed by atoms with Crippen LogP contribution in [0.4, 0.5) is 18.9 Å². The summed E-state index contributed by atoms with van der Waals surface area (Å²) in [6.45, 7) is 0. The fourth-order valence-corrected chi connectivity index (χ4v) is 3.23. The highest BCUT2D eigenvalue weighted by atomic mass is 32.1. The minimum absolute atomic E-state index is 0.0172. The number of hydrogen-bond donors (Lipinski definition) is 2. The normalized spacial score (nSPS) is 11.1. The number of alkyl halides is 3. The summed E-state index contributed by atoms with van der Waals surface area (Å²) in [5, 5.41) is 4.95. The highest BCUT2D eigenvalue weighted by Crippen LogP contribution is 2.28. The number of hydrogen-bond acceptors (Lipinski definition) is 5. The lowest BCUT2D eigenvalue weighted by Crippen LogP contribution is -2.16. The number of carbonyl (C=O) groups excluding carboxylic acids is 2. The summed E-state index contributed by atoms with van der Waals surface area (Å²) >= 11 is 1.27. The largest absolute Gasteiger partial charge is 0.573 e. The molecule has 2 amide bonds. The van der Waals surface area contributed by atoms with Crippen molar-refractivity contribution in [2.75, 3.05) is 5.32 Å². The summed E-state index contributed by atoms with van der Waals surface area (Å²) in [6, 6.07) is 11.5. The number of benzene rings is 2. The molecule has 0 fully saturated rings. The van der Waals surface area contributed by atoms with Gasteiger partial charge in [0.05, 0.1) is 12.1 Å². The number of ether oxygens (including phenoxy) is 1. The summed E-state index contributed by atoms with van der Waals surface area (Å²) in [5.41, 5.74) is 7.13. The molecule has 0 aliphatic rings. The van der Waals surface area contributed by atoms with Crippen LogP contribution in [-0.4, -0.2) is 23.2 Å². The molecule has 0 radical (unpaired) electrons. The van der Waals surface area contributed by atoms with Crippen LogP contribution in [0.25, 0.3) is 10.6 Å². The van der Waals surface area contributed by atoms with Crippen LogP contribution in [0.15, 0.2) is 53.9 Å². The molecule has 1 aromatic heterocycles. The van der Waals surface area contributed by atoms with Crippen LogP contribution in [0, 0.1) is 0 Å². The second-order valence-corrected chi connectivity index (χ2v) is 6.74. The molecule has 29 heavy (non-hydrogen) atoms. The van der Waals surface area contributed by atoms with Crippen molar-refractivity contribution in [3.8, 4) is 16.3 Å². The van der Waals surface area contributed by atoms with Crippen LogP contribution in [-0.2, 0) is 11.2 Å². The first-order valence-corrected chi connectivity index (χ1v) is 9.08. The minimum Gasteiger partial charge on any atom is -0.406 e. The number of nitrogens with zero attached hydrogens (tertiary/aromatic N) is 1. The van der Waals surface area contributed by atoms with Crippen LogP contribution in [0.5, 0.6) is 5.75 Å². The van der Waals surface area contributed by atoms with Gasteiger partial charge in [-0.3, -0.25) is 9.59 Å². The fraction of sp³-hybridized carbons (Fsp3) is 0.105. The van der Waals surface area contributed by atoms with Gasteiger partial charge < -0.3 is 15.8 Å². The minimum atomic E-state index is -4.75. The lowest BCUT2D eigenvalue weighted by atomic mass is 10.2. The van der Waals surface area contributed by atoms with E-state index in [9.17, 15) is 22.8 Å². The molecule has 0 saturated heterocycles. The quantitative estimate of drug-likeness (QED) is 0.629. The van der Waals surface area contributed by atoms with Gasteiger partial charge >= 0.3 is 6.36 Å². The molecule has 0 atom stereocenters. The molecule has 3 rings (SSSR count). The predicted octanol–water partition coefficient (Wildman–Crippen LogP) is 3.99. The highest BCUT2D eigenvalue weighted by molar-refractivity contribution is 7.13. The van der Waals surface area contributed by atoms with Gasteiger partial charge in [-0.1, -0.05) is 0 Å². The third-order valence-electron chi connectivity index (χ3n) is 3.68. The van der Waals surface area contributed by atoms with Gasteiger partial charge in [0.1, 0.15) is 10.8 Å². The van der Waals surface area contributed by atoms with Crippen LogP contribution >= 0.6 is 11.3 Å². The van der Waals surface area contributed by atoms with E-state index in [1.807, 2.05) is 0 Å². The molecule has 0 aliphatic heterocycles. The monoisotopic (exact) mass is 421 g/mol. The van der Waals surface area contributed by atoms with Gasteiger partial charge in [0.2, 0.25) is 11.8 Å². The van der Waals surface area contributed by atoms with E-state index in [0.717, 1.165) is 0 Å². The van der Waals surface area contributed by atoms with Gasteiger partial charge in [0.25, 0.3) is 0 Å². The maximum Gasteiger partial charge on any atom is 0.573 e. The summed E-state index contributed by atoms with van der Waals surface area (Å²) in [7, 11) is 0. The van der Waals surface area contributed by atoms with Crippen LogP contribution in [0.2, 0.25) is 0 Å². The second-order valence-electron chi connectivity index (χ2n) is 5.88. The number of halogens is 3. The van der Waals surface area contributed by atoms with Gasteiger partial charge in [-0.25, -0.2) is 4.98 Å². The number of nitrogens with one attached hydrogen (secondary N) is 1. The van der Waals surface area contributed by atoms with Gasteiger partial charge in [0, 0.05) is 22.2 Å². The molecule has 0 saturated carbocycles. The highest BCUT2D eigenvalue weighted by Gasteiger charge is 2.31. The molecule has 0 spiro atoms. The van der Waals surface area contributed by atoms with E-state index in [4.69, 9.17) is 5.73 Å². The Morgan fingerprint density at radius 2 is 1.72 bits per heavy atom. The average Bonchev–Trinajstić information content (AvgIpc) is 3.09. The molecular formula is C19H14F3N3O3S. The molecule has 0 unspecified atom stereocenters. The molecule has 2 aromatic carbocycles. The molecule has 3 N–H and O–H groups in total. The zero-order valence-electron chi connectivity index (χ0n) is 14.7. The SMILES string of the molecule is NC(=O)c1ccc(NC(=O)Cc2csc(-c3ccc(OC(F)(F)F)cc3)n2)cc1. The number of thiazole rings is 1. The van der Waals surface area contributed by atoms with E-state index in [0.29, 0.717) is 27.5 Å². The van der Waals surface area contributed by atoms with Crippen molar-refractivity contribution in [2.45, 2.75) is 12.8 Å². The van der Waals surface area contributed by atoms with Crippen molar-refractivity contribution >= 4 is 28.8 Å². The molecule has 150 valence electrons. The summed E-state index contributed by atoms with van der Waals surface area (Å²) < 4.78 is 40.5. The van der Waals surface area contributed by atoms with E-state index < -0.39 is 12.3 Å². The van der Waals surface area contributed by atoms with Gasteiger partial charge in [-0.2, -0.15) is 0 Å². The number of anilines is 1. The van der Waals surface area contributed by atoms with Crippen molar-refractivity contribution in [3.63, 3.8) is 0 Å². The van der Waals surface area contributed by atoms with Crippen molar-refractivity contribution in [3.05, 3.63) is 65.2 Å². The Morgan fingerprint density at radius 1 is 1.07 bits per heavy atom. The molecule has 0 bridgehead atoms. The molecule has 10 heteroatoms. The fourth-order valence-electron chi connectivity index (χ4n) is 2.41. The topological polar surface area (TPSA) is 94.3 Å². The maximum absolute atomic E-state index is 12.2. The van der Waals surface area contributed by atoms with E-state index in [1.165, 1.54) is 47.7 Å². The van der Waals surface area contributed by atoms with Gasteiger partial charge in [-0.15, -0.1) is 24.5 Å². The number of carbonyl (C=O) groups is 2. The Labute approximate surface area is 167 Å². The third-order valence-corrected chi connectivity index (χ3v) is 4.62. The Morgan fingerprint density at radius 3 is 2.31 bits per heavy atom. The van der Waals surface area contributed by atoms with Crippen molar-refractivity contribution < 1.29 is 27.5 Å². The van der Waals surface area contributed by atoms with E-state index in [1.54, 1.807) is 17.5 Å². The lowest BCUT2D eigenvalue weighted by Gasteiger charge is -2.08. The third kappa shape index (κ3) is 5.79. The lowest BCUT2D eigenvalue weighted by molar-refractivity contribution is -0.274. The number of nitrogens with two attached hydrogens (primary N) is 1. The maximum atomic E-state index is 12.2. The van der Waals surface area contributed by atoms with Gasteiger partial charge in [0.15, 0.2) is 0 Å². The Bertz CT molecular complexity index is 1020. The Balaban J connectivity index is 1.61. The van der Waals surface area contributed by atoms with Crippen molar-refractivity contribution in [1.82, 2.24) is 4.98 Å². The van der Waals surface area contributed by atoms with Crippen LogP contribution in [0.3, 0.4) is 0 Å². The first kappa shape index (κ1) is 20.3. The molecule has 3 aromatic rings. The number of aromatic nitrogens is 1. The van der Waals surface area contributed by atoms with E-state index in [-0.39, 0.29) is 18.1 Å². The Hall–Kier alpha value is -3.40. The zero-order chi connectivity index (χ0) is 21.0. The molecular weight excluding hydrogens is 407 g/mol. The second kappa shape index (κ2) is 8.31. The molecule has 0 aliphatic carbocycles. The van der Waals surface area contributed by atoms with Crippen LogP contribution < -0.4 is 15.8 Å². The molecule has 1 heterocycles. The standard InChI is InChI=1S/C19H14F3N3O3S/c20-19(21,22)28-15-7-3-12(4-8-15)18-25-14(10-29-18)9-16(26)24-13-5-1-11(2-6-13)17(23)27/h1-8,10H,9H2,(H2,23,27)(H,24,26). The first-order valence-electron chi connectivity index (χ1n) is 8.20. The van der Waals surface area contributed by atoms with Gasteiger partial charge in [-0.05, 0) is 48.5 Å². The van der Waals surface area contributed by atoms with E-state index >= 15 is 0 Å². The van der Waals surface area contributed by atoms with Crippen molar-refractivity contribution in [2.24, 2.45) is 5.73 Å². The first-order chi connectivity index (χ1) is 13.7. The van der Waals surface area contributed by atoms with E-state index in [2.05, 4.69) is 15.0 Å². The van der Waals surface area contributed by atoms with Crippen LogP contribution in [0.1, 0.15) is 16.1 Å². The summed E-state index contributed by atoms with van der Waals surface area (Å²) in [5.74, 6) is -1.18. The van der Waals surface area contributed by atoms with Crippen molar-refractivity contribution in [1.29, 1.82) is 0 Å². The molecule has 6 nitrogen and oxygen atoms in total. The zero-order valence-corrected chi connectivity index (χ0v) is 15.5. The number of amides is 2. The smallest absolute Gasteiger partial charge is 0.406 e. The number of primary amides is 1. The number of rotatable bonds is 6. The Kier molecular flexibility index (Phi) is 5.83. The predicted molar refractivity (Wildman–Crippen MR) is 102 cm³/mol. The average molecular weight is 421 g/mol. The summed E-state index contributed by atoms with van der Waals surface area (Å²) in [6.07, 6.45) is -4.73.